The van der Waals surface area contributed by atoms with Crippen molar-refractivity contribution >= 4 is 34.1 Å². The van der Waals surface area contributed by atoms with Gasteiger partial charge in [0.1, 0.15) is 5.82 Å². The number of nitrogens with zero attached hydrogens (tertiary/aromatic N) is 5. The van der Waals surface area contributed by atoms with Crippen molar-refractivity contribution in [3.8, 4) is 11.1 Å². The van der Waals surface area contributed by atoms with Gasteiger partial charge in [-0.15, -0.1) is 0 Å². The summed E-state index contributed by atoms with van der Waals surface area (Å²) in [7, 11) is 0. The largest absolute Gasteiger partial charge is 0.368 e. The molecule has 39 heavy (non-hydrogen) atoms. The number of anilines is 3. The van der Waals surface area contributed by atoms with E-state index in [4.69, 9.17) is 4.98 Å². The molecular weight excluding hydrogens is 484 g/mol. The van der Waals surface area contributed by atoms with Crippen molar-refractivity contribution in [1.82, 2.24) is 15.0 Å². The summed E-state index contributed by atoms with van der Waals surface area (Å²) in [5, 5.41) is 3.01. The highest BCUT2D eigenvalue weighted by molar-refractivity contribution is 5.93. The minimum absolute atomic E-state index is 0.0211. The van der Waals surface area contributed by atoms with Crippen LogP contribution in [0.2, 0.25) is 0 Å². The van der Waals surface area contributed by atoms with E-state index in [-0.39, 0.29) is 5.91 Å². The molecule has 194 valence electrons. The maximum absolute atomic E-state index is 12.6. The van der Waals surface area contributed by atoms with Crippen LogP contribution in [0, 0.1) is 6.92 Å². The first-order chi connectivity index (χ1) is 19.1. The van der Waals surface area contributed by atoms with Crippen molar-refractivity contribution < 1.29 is 4.79 Å². The van der Waals surface area contributed by atoms with E-state index >= 15 is 0 Å². The Morgan fingerprint density at radius 1 is 0.821 bits per heavy atom. The minimum atomic E-state index is -0.0211. The second-order valence-electron chi connectivity index (χ2n) is 9.84. The third-order valence-electron chi connectivity index (χ3n) is 7.28. The molecule has 7 heteroatoms. The SMILES string of the molecule is Cc1ccccc1CC(=O)Nc1ccc(-c2ccc3ncc(N4CCN(c5ccncc5)CC4)nc3c2)cc1. The van der Waals surface area contributed by atoms with Gasteiger partial charge < -0.3 is 15.1 Å². The van der Waals surface area contributed by atoms with E-state index in [1.54, 1.807) is 0 Å². The molecule has 2 aromatic heterocycles. The van der Waals surface area contributed by atoms with Crippen molar-refractivity contribution in [3.63, 3.8) is 0 Å². The van der Waals surface area contributed by atoms with Gasteiger partial charge in [0.15, 0.2) is 0 Å². The molecule has 3 heterocycles. The normalized spacial score (nSPS) is 13.5. The summed E-state index contributed by atoms with van der Waals surface area (Å²) in [4.78, 5) is 31.0. The van der Waals surface area contributed by atoms with Crippen LogP contribution in [0.4, 0.5) is 17.2 Å². The van der Waals surface area contributed by atoms with Crippen LogP contribution in [0.15, 0.2) is 97.5 Å². The van der Waals surface area contributed by atoms with Gasteiger partial charge in [-0.05, 0) is 65.6 Å². The first kappa shape index (κ1) is 24.6. The number of fused-ring (bicyclic) bond motifs is 1. The Morgan fingerprint density at radius 2 is 1.54 bits per heavy atom. The zero-order valence-corrected chi connectivity index (χ0v) is 21.9. The Hall–Kier alpha value is -4.78. The fourth-order valence-corrected chi connectivity index (χ4v) is 5.01. The molecule has 0 aliphatic carbocycles. The number of hydrogen-bond donors (Lipinski definition) is 1. The molecule has 7 nitrogen and oxygen atoms in total. The van der Waals surface area contributed by atoms with Crippen molar-refractivity contribution in [2.45, 2.75) is 13.3 Å². The fraction of sp³-hybridized carbons (Fsp3) is 0.188. The van der Waals surface area contributed by atoms with Gasteiger partial charge in [0.2, 0.25) is 5.91 Å². The predicted molar refractivity (Wildman–Crippen MR) is 157 cm³/mol. The van der Waals surface area contributed by atoms with E-state index in [9.17, 15) is 4.79 Å². The average Bonchev–Trinajstić information content (AvgIpc) is 2.99. The number of aryl methyl sites for hydroxylation is 1. The summed E-state index contributed by atoms with van der Waals surface area (Å²) in [6.45, 7) is 5.66. The zero-order chi connectivity index (χ0) is 26.6. The molecule has 1 aliphatic rings. The highest BCUT2D eigenvalue weighted by Gasteiger charge is 2.19. The molecule has 1 N–H and O–H groups in total. The summed E-state index contributed by atoms with van der Waals surface area (Å²) in [5.41, 5.74) is 8.02. The molecule has 1 aliphatic heterocycles. The number of piperazine rings is 1. The van der Waals surface area contributed by atoms with Gasteiger partial charge in [0.05, 0.1) is 23.7 Å². The van der Waals surface area contributed by atoms with E-state index in [1.807, 2.05) is 80.1 Å². The Bertz CT molecular complexity index is 1590. The molecule has 0 saturated carbocycles. The lowest BCUT2D eigenvalue weighted by atomic mass is 10.0. The Kier molecular flexibility index (Phi) is 6.87. The van der Waals surface area contributed by atoms with Gasteiger partial charge in [0.25, 0.3) is 0 Å². The summed E-state index contributed by atoms with van der Waals surface area (Å²) in [5.74, 6) is 0.882. The lowest BCUT2D eigenvalue weighted by Crippen LogP contribution is -2.46. The number of carbonyl (C=O) groups excluding carboxylic acids is 1. The van der Waals surface area contributed by atoms with Crippen LogP contribution in [-0.4, -0.2) is 47.0 Å². The van der Waals surface area contributed by atoms with E-state index in [0.717, 1.165) is 71.0 Å². The van der Waals surface area contributed by atoms with E-state index in [1.165, 1.54) is 5.69 Å². The van der Waals surface area contributed by atoms with E-state index < -0.39 is 0 Å². The quantitative estimate of drug-likeness (QED) is 0.322. The maximum Gasteiger partial charge on any atom is 0.228 e. The predicted octanol–water partition coefficient (Wildman–Crippen LogP) is 5.51. The zero-order valence-electron chi connectivity index (χ0n) is 21.9. The molecule has 5 aromatic rings. The van der Waals surface area contributed by atoms with Gasteiger partial charge in [-0.1, -0.05) is 42.5 Å². The van der Waals surface area contributed by atoms with Gasteiger partial charge in [-0.3, -0.25) is 14.8 Å². The standard InChI is InChI=1S/C32H30N6O/c1-23-4-2-3-5-25(23)21-32(39)35-27-9-6-24(7-10-27)26-8-11-29-30(20-26)36-31(22-34-29)38-18-16-37(17-19-38)28-12-14-33-15-13-28/h2-15,20,22H,16-19,21H2,1H3,(H,35,39). The van der Waals surface area contributed by atoms with Gasteiger partial charge >= 0.3 is 0 Å². The summed E-state index contributed by atoms with van der Waals surface area (Å²) in [6.07, 6.45) is 5.91. The molecule has 0 bridgehead atoms. The van der Waals surface area contributed by atoms with Crippen LogP contribution in [0.3, 0.4) is 0 Å². The lowest BCUT2D eigenvalue weighted by Gasteiger charge is -2.36. The number of nitrogens with one attached hydrogen (secondary N) is 1. The molecule has 0 unspecified atom stereocenters. The minimum Gasteiger partial charge on any atom is -0.368 e. The number of pyridine rings is 1. The number of aromatic nitrogens is 3. The Balaban J connectivity index is 1.13. The summed E-state index contributed by atoms with van der Waals surface area (Å²) in [6, 6.07) is 26.2. The maximum atomic E-state index is 12.6. The molecule has 1 fully saturated rings. The Morgan fingerprint density at radius 3 is 2.31 bits per heavy atom. The van der Waals surface area contributed by atoms with Crippen LogP contribution in [-0.2, 0) is 11.2 Å². The van der Waals surface area contributed by atoms with E-state index in [0.29, 0.717) is 6.42 Å². The topological polar surface area (TPSA) is 74.2 Å². The van der Waals surface area contributed by atoms with Crippen LogP contribution < -0.4 is 15.1 Å². The third-order valence-corrected chi connectivity index (χ3v) is 7.28. The second kappa shape index (κ2) is 10.9. The molecule has 1 amide bonds. The highest BCUT2D eigenvalue weighted by atomic mass is 16.1. The van der Waals surface area contributed by atoms with Crippen molar-refractivity contribution in [1.29, 1.82) is 0 Å². The summed E-state index contributed by atoms with van der Waals surface area (Å²) < 4.78 is 0. The molecule has 6 rings (SSSR count). The molecule has 0 atom stereocenters. The van der Waals surface area contributed by atoms with Crippen molar-refractivity contribution in [3.05, 3.63) is 109 Å². The van der Waals surface area contributed by atoms with Crippen LogP contribution in [0.5, 0.6) is 0 Å². The smallest absolute Gasteiger partial charge is 0.228 e. The van der Waals surface area contributed by atoms with Crippen LogP contribution in [0.25, 0.3) is 22.2 Å². The average molecular weight is 515 g/mol. The molecule has 3 aromatic carbocycles. The van der Waals surface area contributed by atoms with Crippen LogP contribution in [0.1, 0.15) is 11.1 Å². The molecule has 0 radical (unpaired) electrons. The number of hydrogen-bond acceptors (Lipinski definition) is 6. The fourth-order valence-electron chi connectivity index (χ4n) is 5.01. The first-order valence-electron chi connectivity index (χ1n) is 13.2. The van der Waals surface area contributed by atoms with Gasteiger partial charge in [-0.2, -0.15) is 0 Å². The third kappa shape index (κ3) is 5.57. The van der Waals surface area contributed by atoms with Crippen LogP contribution >= 0.6 is 0 Å². The monoisotopic (exact) mass is 514 g/mol. The van der Waals surface area contributed by atoms with Gasteiger partial charge in [0, 0.05) is 49.9 Å². The van der Waals surface area contributed by atoms with Crippen molar-refractivity contribution in [2.75, 3.05) is 41.3 Å². The van der Waals surface area contributed by atoms with Crippen molar-refractivity contribution in [2.24, 2.45) is 0 Å². The highest BCUT2D eigenvalue weighted by Crippen LogP contribution is 2.26. The first-order valence-corrected chi connectivity index (χ1v) is 13.2. The Labute approximate surface area is 228 Å². The molecule has 0 spiro atoms. The second-order valence-corrected chi connectivity index (χ2v) is 9.84. The molecule has 1 saturated heterocycles. The lowest BCUT2D eigenvalue weighted by molar-refractivity contribution is -0.115. The number of carbonyl (C=O) groups is 1. The van der Waals surface area contributed by atoms with Gasteiger partial charge in [-0.25, -0.2) is 4.98 Å². The number of amides is 1. The number of benzene rings is 3. The summed E-state index contributed by atoms with van der Waals surface area (Å²) >= 11 is 0. The molecular formula is C32H30N6O. The van der Waals surface area contributed by atoms with E-state index in [2.05, 4.69) is 49.4 Å². The number of rotatable bonds is 6.